The van der Waals surface area contributed by atoms with Crippen LogP contribution in [0.25, 0.3) is 0 Å². The van der Waals surface area contributed by atoms with Gasteiger partial charge in [0.05, 0.1) is 24.5 Å². The summed E-state index contributed by atoms with van der Waals surface area (Å²) in [6, 6.07) is 1.80. The molecule has 7 nitrogen and oxygen atoms in total. The third kappa shape index (κ3) is 3.24. The van der Waals surface area contributed by atoms with Crippen LogP contribution in [-0.2, 0) is 9.53 Å². The summed E-state index contributed by atoms with van der Waals surface area (Å²) in [6.07, 6.45) is 3.85. The Morgan fingerprint density at radius 3 is 2.82 bits per heavy atom. The van der Waals surface area contributed by atoms with Crippen molar-refractivity contribution < 1.29 is 18.7 Å². The molecule has 2 amide bonds. The number of rotatable bonds is 7. The minimum Gasteiger partial charge on any atom is -0.459 e. The number of ether oxygens (including phenoxy) is 1. The van der Waals surface area contributed by atoms with Crippen molar-refractivity contribution in [1.82, 2.24) is 15.1 Å². The zero-order chi connectivity index (χ0) is 19.9. The smallest absolute Gasteiger partial charge is 0.287 e. The van der Waals surface area contributed by atoms with E-state index in [1.165, 1.54) is 0 Å². The van der Waals surface area contributed by atoms with Crippen LogP contribution in [0.3, 0.4) is 0 Å². The van der Waals surface area contributed by atoms with Crippen LogP contribution in [0.1, 0.15) is 42.8 Å². The van der Waals surface area contributed by atoms with E-state index in [1.807, 2.05) is 25.7 Å². The fourth-order valence-corrected chi connectivity index (χ4v) is 5.44. The first-order valence-corrected chi connectivity index (χ1v) is 10.5. The first-order valence-electron chi connectivity index (χ1n) is 10.5. The predicted molar refractivity (Wildman–Crippen MR) is 104 cm³/mol. The molecule has 4 atom stereocenters. The average molecular weight is 389 g/mol. The third-order valence-corrected chi connectivity index (χ3v) is 6.90. The summed E-state index contributed by atoms with van der Waals surface area (Å²) >= 11 is 0. The molecule has 0 aromatic carbocycles. The van der Waals surface area contributed by atoms with E-state index >= 15 is 0 Å². The van der Waals surface area contributed by atoms with Crippen LogP contribution in [-0.4, -0.2) is 72.6 Å². The molecule has 1 aromatic rings. The Balaban J connectivity index is 1.38. The molecular formula is C21H31N3O4. The number of amides is 2. The number of aryl methyl sites for hydroxylation is 1. The number of furan rings is 1. The third-order valence-electron chi connectivity index (χ3n) is 6.90. The molecule has 1 aromatic heterocycles. The number of likely N-dealkylation sites (N-methyl/N-ethyl adjacent to an activating group) is 1. The molecule has 154 valence electrons. The molecule has 3 aliphatic heterocycles. The van der Waals surface area contributed by atoms with Crippen LogP contribution in [0.2, 0.25) is 0 Å². The van der Waals surface area contributed by atoms with E-state index in [4.69, 9.17) is 9.15 Å². The SMILES string of the molecule is CCN(CC)C(=O)CN1C[C@@H]2[C@H](CNC(=O)c3occc3C)[C@H]3CC[C@]2(C1)O3. The molecule has 4 heterocycles. The fourth-order valence-electron chi connectivity index (χ4n) is 5.44. The standard InChI is InChI=1S/C21H31N3O4/c1-4-24(5-2)18(25)12-23-11-16-15(17-6-8-21(16,13-23)28-17)10-22-20(26)19-14(3)7-9-27-19/h7,9,15-17H,4-6,8,10-13H2,1-3H3,(H,22,26)/t15-,16+,17+,21+/m0/s1. The molecule has 3 saturated heterocycles. The van der Waals surface area contributed by atoms with E-state index in [9.17, 15) is 9.59 Å². The van der Waals surface area contributed by atoms with Crippen molar-refractivity contribution in [2.75, 3.05) is 39.3 Å². The minimum absolute atomic E-state index is 0.135. The van der Waals surface area contributed by atoms with E-state index < -0.39 is 0 Å². The second kappa shape index (κ2) is 7.52. The van der Waals surface area contributed by atoms with E-state index in [0.717, 1.165) is 44.6 Å². The van der Waals surface area contributed by atoms with Crippen molar-refractivity contribution >= 4 is 11.8 Å². The largest absolute Gasteiger partial charge is 0.459 e. The molecule has 0 unspecified atom stereocenters. The Labute approximate surface area is 166 Å². The number of hydrogen-bond acceptors (Lipinski definition) is 5. The first kappa shape index (κ1) is 19.5. The van der Waals surface area contributed by atoms with Crippen LogP contribution >= 0.6 is 0 Å². The fraction of sp³-hybridized carbons (Fsp3) is 0.714. The number of nitrogens with zero attached hydrogens (tertiary/aromatic N) is 2. The lowest BCUT2D eigenvalue weighted by Gasteiger charge is -2.29. The van der Waals surface area contributed by atoms with E-state index in [-0.39, 0.29) is 23.5 Å². The summed E-state index contributed by atoms with van der Waals surface area (Å²) in [5.74, 6) is 1.08. The Kier molecular flexibility index (Phi) is 5.22. The maximum absolute atomic E-state index is 12.5. The highest BCUT2D eigenvalue weighted by Gasteiger charge is 2.62. The van der Waals surface area contributed by atoms with Crippen molar-refractivity contribution in [2.24, 2.45) is 11.8 Å². The van der Waals surface area contributed by atoms with Crippen molar-refractivity contribution in [3.8, 4) is 0 Å². The maximum Gasteiger partial charge on any atom is 0.287 e. The van der Waals surface area contributed by atoms with Crippen molar-refractivity contribution in [3.63, 3.8) is 0 Å². The molecule has 3 fully saturated rings. The van der Waals surface area contributed by atoms with Gasteiger partial charge in [0.25, 0.3) is 5.91 Å². The van der Waals surface area contributed by atoms with Crippen LogP contribution in [0, 0.1) is 18.8 Å². The van der Waals surface area contributed by atoms with Crippen LogP contribution < -0.4 is 5.32 Å². The molecule has 0 aliphatic carbocycles. The van der Waals surface area contributed by atoms with Gasteiger partial charge in [-0.25, -0.2) is 0 Å². The molecule has 2 bridgehead atoms. The van der Waals surface area contributed by atoms with Gasteiger partial charge in [-0.2, -0.15) is 0 Å². The van der Waals surface area contributed by atoms with Gasteiger partial charge in [-0.3, -0.25) is 14.5 Å². The monoisotopic (exact) mass is 389 g/mol. The van der Waals surface area contributed by atoms with Crippen LogP contribution in [0.5, 0.6) is 0 Å². The van der Waals surface area contributed by atoms with Crippen molar-refractivity contribution in [3.05, 3.63) is 23.7 Å². The molecule has 7 heteroatoms. The lowest BCUT2D eigenvalue weighted by atomic mass is 9.73. The van der Waals surface area contributed by atoms with E-state index in [0.29, 0.717) is 30.7 Å². The summed E-state index contributed by atoms with van der Waals surface area (Å²) in [7, 11) is 0. The number of nitrogens with one attached hydrogen (secondary N) is 1. The van der Waals surface area contributed by atoms with Crippen molar-refractivity contribution in [2.45, 2.75) is 45.3 Å². The van der Waals surface area contributed by atoms with Crippen LogP contribution in [0.15, 0.2) is 16.7 Å². The molecule has 4 rings (SSSR count). The van der Waals surface area contributed by atoms with Gasteiger partial charge < -0.3 is 19.4 Å². The van der Waals surface area contributed by atoms with Gasteiger partial charge in [-0.05, 0) is 39.7 Å². The summed E-state index contributed by atoms with van der Waals surface area (Å²) in [5.41, 5.74) is 0.713. The van der Waals surface area contributed by atoms with Crippen molar-refractivity contribution in [1.29, 1.82) is 0 Å². The molecule has 0 radical (unpaired) electrons. The summed E-state index contributed by atoms with van der Waals surface area (Å²) in [6.45, 7) is 10.1. The number of carbonyl (C=O) groups is 2. The van der Waals surface area contributed by atoms with Gasteiger partial charge in [0, 0.05) is 50.1 Å². The summed E-state index contributed by atoms with van der Waals surface area (Å²) < 4.78 is 11.7. The van der Waals surface area contributed by atoms with Gasteiger partial charge >= 0.3 is 0 Å². The second-order valence-corrected chi connectivity index (χ2v) is 8.41. The Morgan fingerprint density at radius 2 is 2.14 bits per heavy atom. The van der Waals surface area contributed by atoms with Gasteiger partial charge in [-0.15, -0.1) is 0 Å². The topological polar surface area (TPSA) is 75.0 Å². The normalized spacial score (nSPS) is 31.2. The Morgan fingerprint density at radius 1 is 1.36 bits per heavy atom. The number of fused-ring (bicyclic) bond motifs is 1. The maximum atomic E-state index is 12.5. The quantitative estimate of drug-likeness (QED) is 0.768. The average Bonchev–Trinajstić information content (AvgIpc) is 3.41. The molecule has 1 spiro atoms. The molecular weight excluding hydrogens is 358 g/mol. The highest BCUT2D eigenvalue weighted by Crippen LogP contribution is 2.54. The van der Waals surface area contributed by atoms with Gasteiger partial charge in [0.2, 0.25) is 5.91 Å². The molecule has 28 heavy (non-hydrogen) atoms. The van der Waals surface area contributed by atoms with Gasteiger partial charge in [-0.1, -0.05) is 0 Å². The van der Waals surface area contributed by atoms with E-state index in [2.05, 4.69) is 10.2 Å². The summed E-state index contributed by atoms with van der Waals surface area (Å²) in [4.78, 5) is 29.1. The zero-order valence-electron chi connectivity index (χ0n) is 17.1. The van der Waals surface area contributed by atoms with E-state index in [1.54, 1.807) is 12.3 Å². The van der Waals surface area contributed by atoms with Gasteiger partial charge in [0.1, 0.15) is 0 Å². The Bertz CT molecular complexity index is 744. The lowest BCUT2D eigenvalue weighted by molar-refractivity contribution is -0.132. The molecule has 3 aliphatic rings. The second-order valence-electron chi connectivity index (χ2n) is 8.41. The highest BCUT2D eigenvalue weighted by atomic mass is 16.5. The number of hydrogen-bond donors (Lipinski definition) is 1. The number of likely N-dealkylation sites (tertiary alicyclic amines) is 1. The number of carbonyl (C=O) groups excluding carboxylic acids is 2. The summed E-state index contributed by atoms with van der Waals surface area (Å²) in [5, 5.41) is 3.05. The minimum atomic E-state index is -0.161. The zero-order valence-corrected chi connectivity index (χ0v) is 17.1. The Hall–Kier alpha value is -1.86. The van der Waals surface area contributed by atoms with Crippen LogP contribution in [0.4, 0.5) is 0 Å². The highest BCUT2D eigenvalue weighted by molar-refractivity contribution is 5.92. The molecule has 1 N–H and O–H groups in total. The predicted octanol–water partition coefficient (Wildman–Crippen LogP) is 1.67. The van der Waals surface area contributed by atoms with Gasteiger partial charge in [0.15, 0.2) is 5.76 Å². The molecule has 0 saturated carbocycles. The first-order chi connectivity index (χ1) is 13.5. The lowest BCUT2D eigenvalue weighted by Crippen LogP contribution is -2.41.